The summed E-state index contributed by atoms with van der Waals surface area (Å²) in [6.07, 6.45) is 3.77. The molecule has 24 heavy (non-hydrogen) atoms. The van der Waals surface area contributed by atoms with E-state index in [1.54, 1.807) is 24.3 Å². The summed E-state index contributed by atoms with van der Waals surface area (Å²) in [7, 11) is 0. The molecule has 2 aromatic rings. The van der Waals surface area contributed by atoms with Gasteiger partial charge in [-0.3, -0.25) is 9.69 Å². The number of halogens is 1. The second-order valence-electron chi connectivity index (χ2n) is 5.27. The highest BCUT2D eigenvalue weighted by Gasteiger charge is 2.34. The Morgan fingerprint density at radius 3 is 2.50 bits per heavy atom. The summed E-state index contributed by atoms with van der Waals surface area (Å²) in [5, 5.41) is 0. The predicted molar refractivity (Wildman–Crippen MR) is 102 cm³/mol. The fourth-order valence-electron chi connectivity index (χ4n) is 2.37. The normalized spacial score (nSPS) is 17.0. The van der Waals surface area contributed by atoms with E-state index in [1.165, 1.54) is 22.7 Å². The summed E-state index contributed by atoms with van der Waals surface area (Å²) in [6, 6.07) is 16.0. The number of para-hydroxylation sites is 1. The molecule has 0 aliphatic carbocycles. The number of rotatable bonds is 3. The first-order valence-corrected chi connectivity index (χ1v) is 8.54. The van der Waals surface area contributed by atoms with E-state index in [1.807, 2.05) is 43.3 Å². The third-order valence-electron chi connectivity index (χ3n) is 3.44. The van der Waals surface area contributed by atoms with Gasteiger partial charge >= 0.3 is 0 Å². The van der Waals surface area contributed by atoms with Crippen molar-refractivity contribution in [1.82, 2.24) is 0 Å². The SMILES string of the molecule is CC(=Cc1ccccc1)/C=C1\SC(=S)N(c2ccccc2F)C1=O. The number of hydrogen-bond donors (Lipinski definition) is 0. The third-order valence-corrected chi connectivity index (χ3v) is 4.74. The predicted octanol–water partition coefficient (Wildman–Crippen LogP) is 5.18. The summed E-state index contributed by atoms with van der Waals surface area (Å²) >= 11 is 6.45. The molecule has 1 heterocycles. The zero-order valence-corrected chi connectivity index (χ0v) is 14.5. The van der Waals surface area contributed by atoms with Gasteiger partial charge in [0.25, 0.3) is 5.91 Å². The number of benzene rings is 2. The lowest BCUT2D eigenvalue weighted by molar-refractivity contribution is -0.113. The second-order valence-corrected chi connectivity index (χ2v) is 6.94. The Morgan fingerprint density at radius 1 is 1.12 bits per heavy atom. The first-order valence-electron chi connectivity index (χ1n) is 7.32. The molecule has 5 heteroatoms. The number of allylic oxidation sites excluding steroid dienone is 2. The number of hydrogen-bond acceptors (Lipinski definition) is 3. The zero-order valence-electron chi connectivity index (χ0n) is 12.9. The van der Waals surface area contributed by atoms with Gasteiger partial charge in [0, 0.05) is 0 Å². The minimum atomic E-state index is -0.466. The van der Waals surface area contributed by atoms with Crippen molar-refractivity contribution < 1.29 is 9.18 Å². The lowest BCUT2D eigenvalue weighted by Gasteiger charge is -2.14. The number of amides is 1. The first kappa shape index (κ1) is 16.6. The highest BCUT2D eigenvalue weighted by atomic mass is 32.2. The highest BCUT2D eigenvalue weighted by Crippen LogP contribution is 2.36. The van der Waals surface area contributed by atoms with Crippen LogP contribution in [0.1, 0.15) is 12.5 Å². The smallest absolute Gasteiger partial charge is 0.268 e. The maximum Gasteiger partial charge on any atom is 0.270 e. The summed E-state index contributed by atoms with van der Waals surface area (Å²) in [6.45, 7) is 1.92. The summed E-state index contributed by atoms with van der Waals surface area (Å²) < 4.78 is 14.3. The minimum absolute atomic E-state index is 0.188. The second kappa shape index (κ2) is 7.11. The highest BCUT2D eigenvalue weighted by molar-refractivity contribution is 8.27. The zero-order chi connectivity index (χ0) is 17.1. The van der Waals surface area contributed by atoms with Crippen molar-refractivity contribution in [2.45, 2.75) is 6.92 Å². The van der Waals surface area contributed by atoms with Crippen molar-refractivity contribution in [3.63, 3.8) is 0 Å². The molecule has 0 bridgehead atoms. The van der Waals surface area contributed by atoms with E-state index in [4.69, 9.17) is 12.2 Å². The van der Waals surface area contributed by atoms with Gasteiger partial charge in [-0.15, -0.1) is 0 Å². The van der Waals surface area contributed by atoms with Gasteiger partial charge in [0.05, 0.1) is 10.6 Å². The molecule has 0 saturated carbocycles. The average Bonchev–Trinajstić information content (AvgIpc) is 2.83. The molecule has 2 nitrogen and oxygen atoms in total. The molecule has 0 aromatic heterocycles. The van der Waals surface area contributed by atoms with Gasteiger partial charge in [0.1, 0.15) is 5.82 Å². The van der Waals surface area contributed by atoms with Gasteiger partial charge in [-0.25, -0.2) is 4.39 Å². The monoisotopic (exact) mass is 355 g/mol. The maximum absolute atomic E-state index is 14.0. The van der Waals surface area contributed by atoms with Crippen molar-refractivity contribution in [2.75, 3.05) is 4.90 Å². The molecular formula is C19H14FNOS2. The molecule has 120 valence electrons. The molecule has 1 aliphatic heterocycles. The number of thiocarbonyl (C=S) groups is 1. The lowest BCUT2D eigenvalue weighted by Crippen LogP contribution is -2.28. The maximum atomic E-state index is 14.0. The average molecular weight is 355 g/mol. The fourth-order valence-corrected chi connectivity index (χ4v) is 3.70. The van der Waals surface area contributed by atoms with Gasteiger partial charge in [0.15, 0.2) is 4.32 Å². The van der Waals surface area contributed by atoms with Gasteiger partial charge in [-0.05, 0) is 36.3 Å². The Morgan fingerprint density at radius 2 is 1.79 bits per heavy atom. The molecule has 2 aromatic carbocycles. The Labute approximate surface area is 149 Å². The number of anilines is 1. The van der Waals surface area contributed by atoms with Crippen molar-refractivity contribution in [2.24, 2.45) is 0 Å². The van der Waals surface area contributed by atoms with Crippen LogP contribution in [0.3, 0.4) is 0 Å². The van der Waals surface area contributed by atoms with Gasteiger partial charge in [-0.2, -0.15) is 0 Å². The molecule has 0 unspecified atom stereocenters. The van der Waals surface area contributed by atoms with Gasteiger partial charge in [0.2, 0.25) is 0 Å². The molecule has 0 atom stereocenters. The van der Waals surface area contributed by atoms with E-state index < -0.39 is 5.82 Å². The van der Waals surface area contributed by atoms with Crippen LogP contribution in [-0.4, -0.2) is 10.2 Å². The minimum Gasteiger partial charge on any atom is -0.268 e. The van der Waals surface area contributed by atoms with Crippen LogP contribution in [0, 0.1) is 5.82 Å². The molecular weight excluding hydrogens is 341 g/mol. The summed E-state index contributed by atoms with van der Waals surface area (Å²) in [5.74, 6) is -0.762. The molecule has 1 fully saturated rings. The van der Waals surface area contributed by atoms with E-state index in [9.17, 15) is 9.18 Å². The molecule has 0 N–H and O–H groups in total. The van der Waals surface area contributed by atoms with E-state index in [-0.39, 0.29) is 11.6 Å². The van der Waals surface area contributed by atoms with Crippen molar-refractivity contribution in [3.8, 4) is 0 Å². The molecule has 1 saturated heterocycles. The van der Waals surface area contributed by atoms with Crippen LogP contribution in [0.2, 0.25) is 0 Å². The standard InChI is InChI=1S/C19H14FNOS2/c1-13(11-14-7-3-2-4-8-14)12-17-18(22)21(19(23)24-17)16-10-6-5-9-15(16)20/h2-12H,1H3/b13-11?,17-12-. The quantitative estimate of drug-likeness (QED) is 0.559. The van der Waals surface area contributed by atoms with E-state index >= 15 is 0 Å². The van der Waals surface area contributed by atoms with Gasteiger partial charge in [-0.1, -0.05) is 72.5 Å². The van der Waals surface area contributed by atoms with Crippen molar-refractivity contribution in [3.05, 3.63) is 82.5 Å². The van der Waals surface area contributed by atoms with E-state index in [2.05, 4.69) is 0 Å². The lowest BCUT2D eigenvalue weighted by atomic mass is 10.1. The Kier molecular flexibility index (Phi) is 4.92. The Hall–Kier alpha value is -2.24. The Balaban J connectivity index is 1.89. The van der Waals surface area contributed by atoms with Crippen LogP contribution < -0.4 is 4.90 Å². The van der Waals surface area contributed by atoms with Crippen LogP contribution in [0.25, 0.3) is 6.08 Å². The first-order chi connectivity index (χ1) is 11.6. The largest absolute Gasteiger partial charge is 0.270 e. The fraction of sp³-hybridized carbons (Fsp3) is 0.0526. The topological polar surface area (TPSA) is 20.3 Å². The van der Waals surface area contributed by atoms with Crippen LogP contribution in [0.4, 0.5) is 10.1 Å². The third kappa shape index (κ3) is 3.47. The van der Waals surface area contributed by atoms with Crippen LogP contribution >= 0.6 is 24.0 Å². The molecule has 1 aliphatic rings. The van der Waals surface area contributed by atoms with E-state index in [0.29, 0.717) is 9.23 Å². The van der Waals surface area contributed by atoms with Crippen LogP contribution in [-0.2, 0) is 4.79 Å². The van der Waals surface area contributed by atoms with Crippen LogP contribution in [0.5, 0.6) is 0 Å². The molecule has 0 radical (unpaired) electrons. The van der Waals surface area contributed by atoms with Crippen molar-refractivity contribution >= 4 is 46.0 Å². The Bertz CT molecular complexity index is 859. The van der Waals surface area contributed by atoms with E-state index in [0.717, 1.165) is 11.1 Å². The number of carbonyl (C=O) groups excluding carboxylic acids is 1. The number of nitrogens with zero attached hydrogens (tertiary/aromatic N) is 1. The van der Waals surface area contributed by atoms with Gasteiger partial charge < -0.3 is 0 Å². The number of carbonyl (C=O) groups is 1. The summed E-state index contributed by atoms with van der Waals surface area (Å²) in [4.78, 5) is 14.4. The van der Waals surface area contributed by atoms with Crippen molar-refractivity contribution in [1.29, 1.82) is 0 Å². The van der Waals surface area contributed by atoms with Crippen LogP contribution in [0.15, 0.2) is 71.2 Å². The molecule has 1 amide bonds. The molecule has 3 rings (SSSR count). The number of thioether (sulfide) groups is 1. The summed E-state index contributed by atoms with van der Waals surface area (Å²) in [5.41, 5.74) is 2.17. The molecule has 0 spiro atoms.